The number of anilines is 2. The summed E-state index contributed by atoms with van der Waals surface area (Å²) < 4.78 is 12.1. The summed E-state index contributed by atoms with van der Waals surface area (Å²) in [6.07, 6.45) is -0.0181. The van der Waals surface area contributed by atoms with Crippen molar-refractivity contribution in [2.45, 2.75) is 59.3 Å². The lowest BCUT2D eigenvalue weighted by Crippen LogP contribution is -2.31. The van der Waals surface area contributed by atoms with Crippen molar-refractivity contribution in [2.24, 2.45) is 0 Å². The quantitative estimate of drug-likeness (QED) is 0.689. The van der Waals surface area contributed by atoms with E-state index in [0.29, 0.717) is 11.5 Å². The number of nitrogens with zero attached hydrogens (tertiary/aromatic N) is 2. The van der Waals surface area contributed by atoms with Gasteiger partial charge in [0.25, 0.3) is 5.91 Å². The molecule has 0 saturated heterocycles. The molecule has 162 valence electrons. The maximum absolute atomic E-state index is 12.4. The van der Waals surface area contributed by atoms with Gasteiger partial charge >= 0.3 is 12.1 Å². The fraction of sp³-hybridized carbons (Fsp3) is 0.429. The van der Waals surface area contributed by atoms with Crippen molar-refractivity contribution in [3.05, 3.63) is 42.1 Å². The summed E-state index contributed by atoms with van der Waals surface area (Å²) in [7, 11) is 0. The Labute approximate surface area is 175 Å². The van der Waals surface area contributed by atoms with E-state index in [4.69, 9.17) is 9.47 Å². The summed E-state index contributed by atoms with van der Waals surface area (Å²) in [6.45, 7) is 10.7. The maximum atomic E-state index is 12.4. The number of hydrogen-bond donors (Lipinski definition) is 2. The predicted molar refractivity (Wildman–Crippen MR) is 112 cm³/mol. The number of carbonyl (C=O) groups is 3. The van der Waals surface area contributed by atoms with E-state index in [2.05, 4.69) is 15.7 Å². The molecule has 0 radical (unpaired) electrons. The number of hydrogen-bond acceptors (Lipinski definition) is 6. The van der Waals surface area contributed by atoms with Gasteiger partial charge in [0.2, 0.25) is 0 Å². The van der Waals surface area contributed by atoms with Crippen LogP contribution < -0.4 is 10.6 Å². The molecule has 1 aromatic carbocycles. The van der Waals surface area contributed by atoms with Gasteiger partial charge in [0, 0.05) is 17.8 Å². The molecule has 0 fully saturated rings. The number of aromatic nitrogens is 2. The number of rotatable bonds is 6. The number of ether oxygens (including phenoxy) is 2. The Bertz CT molecular complexity index is 897. The molecule has 0 aliphatic rings. The molecule has 2 N–H and O–H groups in total. The van der Waals surface area contributed by atoms with Gasteiger partial charge in [-0.25, -0.2) is 14.3 Å². The fourth-order valence-corrected chi connectivity index (χ4v) is 2.45. The SMILES string of the molecule is CC(C)n1nccc1NC(=O)[C@@H](C)OC(=O)c1ccc(NC(=O)OC(C)(C)C)cc1. The van der Waals surface area contributed by atoms with Crippen LogP contribution in [0, 0.1) is 0 Å². The highest BCUT2D eigenvalue weighted by Gasteiger charge is 2.21. The minimum absolute atomic E-state index is 0.0703. The van der Waals surface area contributed by atoms with Gasteiger partial charge in [-0.2, -0.15) is 5.10 Å². The Balaban J connectivity index is 1.92. The predicted octanol–water partition coefficient (Wildman–Crippen LogP) is 4.00. The number of nitrogens with one attached hydrogen (secondary N) is 2. The molecule has 1 atom stereocenters. The van der Waals surface area contributed by atoms with Crippen LogP contribution in [0.5, 0.6) is 0 Å². The molecule has 0 bridgehead atoms. The summed E-state index contributed by atoms with van der Waals surface area (Å²) in [5.41, 5.74) is 0.0994. The Morgan fingerprint density at radius 1 is 1.00 bits per heavy atom. The minimum atomic E-state index is -1.01. The second-order valence-corrected chi connectivity index (χ2v) is 8.00. The van der Waals surface area contributed by atoms with Crippen LogP contribution in [0.25, 0.3) is 0 Å². The molecule has 2 amide bonds. The van der Waals surface area contributed by atoms with Gasteiger partial charge in [0.05, 0.1) is 11.8 Å². The molecule has 1 aromatic heterocycles. The van der Waals surface area contributed by atoms with E-state index >= 15 is 0 Å². The monoisotopic (exact) mass is 416 g/mol. The fourth-order valence-electron chi connectivity index (χ4n) is 2.45. The lowest BCUT2D eigenvalue weighted by atomic mass is 10.2. The van der Waals surface area contributed by atoms with Gasteiger partial charge in [-0.05, 0) is 65.8 Å². The van der Waals surface area contributed by atoms with E-state index in [0.717, 1.165) is 0 Å². The Morgan fingerprint density at radius 3 is 2.20 bits per heavy atom. The average molecular weight is 416 g/mol. The van der Waals surface area contributed by atoms with Gasteiger partial charge in [0.15, 0.2) is 6.10 Å². The van der Waals surface area contributed by atoms with Crippen molar-refractivity contribution in [1.82, 2.24) is 9.78 Å². The Morgan fingerprint density at radius 2 is 1.63 bits per heavy atom. The first kappa shape index (κ1) is 22.9. The standard InChI is InChI=1S/C21H28N4O5/c1-13(2)25-17(11-12-22-25)24-18(26)14(3)29-19(27)15-7-9-16(10-8-15)23-20(28)30-21(4,5)6/h7-14H,1-6H3,(H,23,28)(H,24,26)/t14-/m1/s1. The molecule has 0 unspecified atom stereocenters. The number of carbonyl (C=O) groups excluding carboxylic acids is 3. The molecule has 0 saturated carbocycles. The molecular weight excluding hydrogens is 388 g/mol. The second kappa shape index (κ2) is 9.43. The van der Waals surface area contributed by atoms with Gasteiger partial charge in [0.1, 0.15) is 11.4 Å². The first-order valence-corrected chi connectivity index (χ1v) is 9.61. The van der Waals surface area contributed by atoms with Crippen LogP contribution in [0.3, 0.4) is 0 Å². The zero-order chi connectivity index (χ0) is 22.5. The molecular formula is C21H28N4O5. The number of benzene rings is 1. The van der Waals surface area contributed by atoms with Gasteiger partial charge in [-0.3, -0.25) is 10.1 Å². The van der Waals surface area contributed by atoms with Gasteiger partial charge in [-0.15, -0.1) is 0 Å². The topological polar surface area (TPSA) is 112 Å². The molecule has 0 aliphatic carbocycles. The molecule has 9 nitrogen and oxygen atoms in total. The highest BCUT2D eigenvalue weighted by Crippen LogP contribution is 2.16. The van der Waals surface area contributed by atoms with Crippen molar-refractivity contribution >= 4 is 29.5 Å². The second-order valence-electron chi connectivity index (χ2n) is 8.00. The van der Waals surface area contributed by atoms with Crippen LogP contribution in [0.2, 0.25) is 0 Å². The first-order valence-electron chi connectivity index (χ1n) is 9.61. The molecule has 30 heavy (non-hydrogen) atoms. The van der Waals surface area contributed by atoms with E-state index in [1.54, 1.807) is 49.8 Å². The van der Waals surface area contributed by atoms with E-state index in [1.165, 1.54) is 19.1 Å². The summed E-state index contributed by atoms with van der Waals surface area (Å²) in [5.74, 6) is -0.594. The average Bonchev–Trinajstić information content (AvgIpc) is 3.08. The highest BCUT2D eigenvalue weighted by atomic mass is 16.6. The third kappa shape index (κ3) is 6.61. The maximum Gasteiger partial charge on any atom is 0.412 e. The van der Waals surface area contributed by atoms with Crippen LogP contribution in [0.1, 0.15) is 57.9 Å². The zero-order valence-corrected chi connectivity index (χ0v) is 18.1. The van der Waals surface area contributed by atoms with Crippen LogP contribution in [0.15, 0.2) is 36.5 Å². The van der Waals surface area contributed by atoms with Crippen LogP contribution in [0.4, 0.5) is 16.3 Å². The Kier molecular flexibility index (Phi) is 7.20. The molecule has 1 heterocycles. The van der Waals surface area contributed by atoms with Crippen molar-refractivity contribution in [1.29, 1.82) is 0 Å². The van der Waals surface area contributed by atoms with E-state index < -0.39 is 29.7 Å². The lowest BCUT2D eigenvalue weighted by molar-refractivity contribution is -0.123. The van der Waals surface area contributed by atoms with Crippen LogP contribution in [-0.4, -0.2) is 39.5 Å². The van der Waals surface area contributed by atoms with Gasteiger partial charge < -0.3 is 14.8 Å². The summed E-state index contributed by atoms with van der Waals surface area (Å²) >= 11 is 0. The molecule has 2 aromatic rings. The van der Waals surface area contributed by atoms with E-state index in [1.807, 2.05) is 13.8 Å². The molecule has 0 spiro atoms. The van der Waals surface area contributed by atoms with Crippen molar-refractivity contribution in [3.8, 4) is 0 Å². The third-order valence-electron chi connectivity index (χ3n) is 3.83. The highest BCUT2D eigenvalue weighted by molar-refractivity contribution is 5.97. The Hall–Kier alpha value is -3.36. The largest absolute Gasteiger partial charge is 0.449 e. The lowest BCUT2D eigenvalue weighted by Gasteiger charge is -2.19. The van der Waals surface area contributed by atoms with E-state index in [9.17, 15) is 14.4 Å². The van der Waals surface area contributed by atoms with Crippen LogP contribution in [-0.2, 0) is 14.3 Å². The van der Waals surface area contributed by atoms with Crippen molar-refractivity contribution in [2.75, 3.05) is 10.6 Å². The van der Waals surface area contributed by atoms with Crippen molar-refractivity contribution < 1.29 is 23.9 Å². The summed E-state index contributed by atoms with van der Waals surface area (Å²) in [6, 6.07) is 7.82. The normalized spacial score (nSPS) is 12.2. The molecule has 2 rings (SSSR count). The number of esters is 1. The van der Waals surface area contributed by atoms with Gasteiger partial charge in [-0.1, -0.05) is 0 Å². The zero-order valence-electron chi connectivity index (χ0n) is 18.1. The third-order valence-corrected chi connectivity index (χ3v) is 3.83. The molecule has 0 aliphatic heterocycles. The number of amides is 2. The molecule has 9 heteroatoms. The first-order chi connectivity index (χ1) is 14.0. The smallest absolute Gasteiger partial charge is 0.412 e. The van der Waals surface area contributed by atoms with Crippen LogP contribution >= 0.6 is 0 Å². The van der Waals surface area contributed by atoms with Crippen molar-refractivity contribution in [3.63, 3.8) is 0 Å². The summed E-state index contributed by atoms with van der Waals surface area (Å²) in [5, 5.41) is 9.42. The van der Waals surface area contributed by atoms with E-state index in [-0.39, 0.29) is 11.6 Å². The summed E-state index contributed by atoms with van der Waals surface area (Å²) in [4.78, 5) is 36.5. The minimum Gasteiger partial charge on any atom is -0.449 e.